The van der Waals surface area contributed by atoms with E-state index in [1.165, 1.54) is 11.2 Å². The van der Waals surface area contributed by atoms with E-state index in [2.05, 4.69) is 5.32 Å². The van der Waals surface area contributed by atoms with E-state index in [9.17, 15) is 22.0 Å². The number of carbonyl (C=O) groups excluding carboxylic acids is 1. The Bertz CT molecular complexity index is 823. The zero-order valence-corrected chi connectivity index (χ0v) is 16.7. The van der Waals surface area contributed by atoms with Gasteiger partial charge in [-0.15, -0.1) is 0 Å². The Kier molecular flexibility index (Phi) is 6.36. The predicted molar refractivity (Wildman–Crippen MR) is 99.1 cm³/mol. The van der Waals surface area contributed by atoms with Gasteiger partial charge >= 0.3 is 0 Å². The topological polar surface area (TPSA) is 75.7 Å². The molecule has 2 fully saturated rings. The zero-order valence-electron chi connectivity index (χ0n) is 15.9. The number of ether oxygens (including phenoxy) is 1. The molecule has 2 aliphatic rings. The molecule has 1 aromatic rings. The molecule has 28 heavy (non-hydrogen) atoms. The van der Waals surface area contributed by atoms with Gasteiger partial charge in [0.1, 0.15) is 0 Å². The fourth-order valence-corrected chi connectivity index (χ4v) is 5.55. The molecule has 1 aromatic carbocycles. The van der Waals surface area contributed by atoms with Crippen LogP contribution in [0.3, 0.4) is 0 Å². The van der Waals surface area contributed by atoms with Crippen LogP contribution in [-0.4, -0.2) is 50.5 Å². The smallest absolute Gasteiger partial charge is 0.243 e. The molecule has 0 saturated carbocycles. The van der Waals surface area contributed by atoms with Crippen molar-refractivity contribution in [3.63, 3.8) is 0 Å². The highest BCUT2D eigenvalue weighted by molar-refractivity contribution is 7.89. The van der Waals surface area contributed by atoms with Crippen LogP contribution in [0.15, 0.2) is 23.1 Å². The lowest BCUT2D eigenvalue weighted by Gasteiger charge is -2.46. The van der Waals surface area contributed by atoms with Crippen LogP contribution in [-0.2, 0) is 19.6 Å². The molecule has 9 heteroatoms. The molecule has 0 aromatic heterocycles. The number of nitrogens with zero attached hydrogens (tertiary/aromatic N) is 1. The van der Waals surface area contributed by atoms with E-state index < -0.39 is 21.7 Å². The van der Waals surface area contributed by atoms with Crippen molar-refractivity contribution in [1.29, 1.82) is 0 Å². The summed E-state index contributed by atoms with van der Waals surface area (Å²) in [5.41, 5.74) is -0.348. The Morgan fingerprint density at radius 1 is 1.29 bits per heavy atom. The molecule has 2 aliphatic heterocycles. The number of carbonyl (C=O) groups is 1. The number of amides is 1. The van der Waals surface area contributed by atoms with Crippen molar-refractivity contribution < 1.29 is 26.7 Å². The van der Waals surface area contributed by atoms with Gasteiger partial charge in [-0.25, -0.2) is 17.2 Å². The number of benzene rings is 1. The van der Waals surface area contributed by atoms with Crippen molar-refractivity contribution in [3.05, 3.63) is 29.8 Å². The number of hydrogen-bond donors (Lipinski definition) is 1. The average molecular weight is 416 g/mol. The molecule has 6 nitrogen and oxygen atoms in total. The Hall–Kier alpha value is -1.58. The lowest BCUT2D eigenvalue weighted by Crippen LogP contribution is -2.50. The quantitative estimate of drug-likeness (QED) is 0.800. The van der Waals surface area contributed by atoms with Gasteiger partial charge in [0.2, 0.25) is 15.9 Å². The first-order chi connectivity index (χ1) is 13.2. The van der Waals surface area contributed by atoms with Crippen molar-refractivity contribution in [2.45, 2.75) is 49.5 Å². The number of hydrogen-bond acceptors (Lipinski definition) is 4. The summed E-state index contributed by atoms with van der Waals surface area (Å²) in [6.45, 7) is 3.31. The largest absolute Gasteiger partial charge is 0.375 e. The van der Waals surface area contributed by atoms with Gasteiger partial charge in [-0.2, -0.15) is 4.31 Å². The normalized spacial score (nSPS) is 22.9. The molecule has 156 valence electrons. The summed E-state index contributed by atoms with van der Waals surface area (Å²) in [4.78, 5) is 10.8. The Morgan fingerprint density at radius 3 is 2.64 bits per heavy atom. The fourth-order valence-electron chi connectivity index (χ4n) is 4.10. The zero-order chi connectivity index (χ0) is 20.4. The third-order valence-corrected chi connectivity index (χ3v) is 7.58. The molecular formula is C19H26F2N2O4S. The summed E-state index contributed by atoms with van der Waals surface area (Å²) in [7, 11) is -3.87. The Balaban J connectivity index is 1.61. The van der Waals surface area contributed by atoms with Gasteiger partial charge in [0.15, 0.2) is 11.6 Å². The molecular weight excluding hydrogens is 390 g/mol. The van der Waals surface area contributed by atoms with E-state index in [1.54, 1.807) is 0 Å². The Labute approximate surface area is 164 Å². The molecule has 2 heterocycles. The number of nitrogens with one attached hydrogen (secondary N) is 1. The molecule has 1 spiro atoms. The van der Waals surface area contributed by atoms with Gasteiger partial charge in [-0.1, -0.05) is 0 Å². The van der Waals surface area contributed by atoms with E-state index in [4.69, 9.17) is 4.74 Å². The second kappa shape index (κ2) is 8.42. The highest BCUT2D eigenvalue weighted by Gasteiger charge is 2.42. The molecule has 2 saturated heterocycles. The lowest BCUT2D eigenvalue weighted by atomic mass is 9.79. The highest BCUT2D eigenvalue weighted by atomic mass is 32.2. The number of halogens is 2. The van der Waals surface area contributed by atoms with Crippen molar-refractivity contribution >= 4 is 15.9 Å². The third kappa shape index (κ3) is 4.69. The summed E-state index contributed by atoms with van der Waals surface area (Å²) in [5, 5.41) is 2.81. The molecule has 1 amide bonds. The average Bonchev–Trinajstić information content (AvgIpc) is 2.64. The molecule has 3 rings (SSSR count). The maximum absolute atomic E-state index is 13.5. The summed E-state index contributed by atoms with van der Waals surface area (Å²) in [6, 6.07) is 2.65. The van der Waals surface area contributed by atoms with E-state index in [0.717, 1.165) is 37.5 Å². The summed E-state index contributed by atoms with van der Waals surface area (Å²) < 4.78 is 59.4. The maximum atomic E-state index is 13.5. The van der Waals surface area contributed by atoms with Crippen LogP contribution in [0.2, 0.25) is 0 Å². The highest BCUT2D eigenvalue weighted by Crippen LogP contribution is 2.39. The van der Waals surface area contributed by atoms with Crippen molar-refractivity contribution in [2.24, 2.45) is 5.92 Å². The van der Waals surface area contributed by atoms with Crippen LogP contribution in [0.25, 0.3) is 0 Å². The van der Waals surface area contributed by atoms with E-state index in [-0.39, 0.29) is 29.5 Å². The number of sulfonamides is 1. The van der Waals surface area contributed by atoms with Crippen LogP contribution in [0.5, 0.6) is 0 Å². The summed E-state index contributed by atoms with van der Waals surface area (Å²) in [5.74, 6) is -1.86. The predicted octanol–water partition coefficient (Wildman–Crippen LogP) is 2.44. The van der Waals surface area contributed by atoms with Crippen LogP contribution < -0.4 is 5.32 Å². The van der Waals surface area contributed by atoms with Crippen LogP contribution in [0.4, 0.5) is 8.78 Å². The van der Waals surface area contributed by atoms with Gasteiger partial charge in [0, 0.05) is 33.2 Å². The Morgan fingerprint density at radius 2 is 2.00 bits per heavy atom. The summed E-state index contributed by atoms with van der Waals surface area (Å²) >= 11 is 0. The van der Waals surface area contributed by atoms with E-state index in [1.807, 2.05) is 0 Å². The summed E-state index contributed by atoms with van der Waals surface area (Å²) in [6.07, 6.45) is 3.77. The standard InChI is InChI=1S/C19H26F2N2O4S/c1-14(24)22-8-4-15-5-11-27-19(13-15)6-9-23(10-7-19)28(25,26)16-2-3-17(20)18(21)12-16/h2-3,12,15H,4-11,13H2,1H3,(H,22,24). The molecule has 0 aliphatic carbocycles. The van der Waals surface area contributed by atoms with Crippen molar-refractivity contribution in [1.82, 2.24) is 9.62 Å². The first-order valence-electron chi connectivity index (χ1n) is 9.55. The lowest BCUT2D eigenvalue weighted by molar-refractivity contribution is -0.122. The molecule has 0 radical (unpaired) electrons. The van der Waals surface area contributed by atoms with Crippen LogP contribution in [0.1, 0.15) is 39.0 Å². The van der Waals surface area contributed by atoms with E-state index >= 15 is 0 Å². The molecule has 1 N–H and O–H groups in total. The second-order valence-corrected chi connectivity index (χ2v) is 9.58. The minimum atomic E-state index is -3.87. The minimum absolute atomic E-state index is 0.0440. The maximum Gasteiger partial charge on any atom is 0.243 e. The van der Waals surface area contributed by atoms with Crippen molar-refractivity contribution in [3.8, 4) is 0 Å². The first kappa shape index (κ1) is 21.1. The number of rotatable bonds is 5. The number of piperidine rings is 1. The van der Waals surface area contributed by atoms with Crippen molar-refractivity contribution in [2.75, 3.05) is 26.2 Å². The van der Waals surface area contributed by atoms with Crippen LogP contribution >= 0.6 is 0 Å². The van der Waals surface area contributed by atoms with Gasteiger partial charge in [-0.05, 0) is 56.2 Å². The molecule has 1 atom stereocenters. The van der Waals surface area contributed by atoms with E-state index in [0.29, 0.717) is 31.9 Å². The first-order valence-corrected chi connectivity index (χ1v) is 11.0. The van der Waals surface area contributed by atoms with Gasteiger partial charge < -0.3 is 10.1 Å². The van der Waals surface area contributed by atoms with Gasteiger partial charge in [0.25, 0.3) is 0 Å². The third-order valence-electron chi connectivity index (χ3n) is 5.68. The minimum Gasteiger partial charge on any atom is -0.375 e. The van der Waals surface area contributed by atoms with Gasteiger partial charge in [-0.3, -0.25) is 4.79 Å². The molecule has 0 bridgehead atoms. The van der Waals surface area contributed by atoms with Gasteiger partial charge in [0.05, 0.1) is 10.5 Å². The van der Waals surface area contributed by atoms with Crippen LogP contribution in [0, 0.1) is 17.6 Å². The SMILES string of the molecule is CC(=O)NCCC1CCOC2(CCN(S(=O)(=O)c3ccc(F)c(F)c3)CC2)C1. The second-order valence-electron chi connectivity index (χ2n) is 7.64. The fraction of sp³-hybridized carbons (Fsp3) is 0.632. The monoisotopic (exact) mass is 416 g/mol. The molecule has 1 unspecified atom stereocenters.